The van der Waals surface area contributed by atoms with Crippen molar-refractivity contribution in [1.82, 2.24) is 4.90 Å². The number of carbonyl (C=O) groups excluding carboxylic acids is 2. The molecule has 162 valence electrons. The van der Waals surface area contributed by atoms with Gasteiger partial charge in [-0.05, 0) is 74.8 Å². The Morgan fingerprint density at radius 1 is 1.20 bits per heavy atom. The van der Waals surface area contributed by atoms with Crippen LogP contribution in [0, 0.1) is 11.3 Å². The van der Waals surface area contributed by atoms with Gasteiger partial charge in [0.2, 0.25) is 0 Å². The summed E-state index contributed by atoms with van der Waals surface area (Å²) < 4.78 is 11.0. The molecule has 2 bridgehead atoms. The van der Waals surface area contributed by atoms with Crippen LogP contribution in [0.25, 0.3) is 0 Å². The number of fused-ring (bicyclic) bond motifs is 6. The van der Waals surface area contributed by atoms with Crippen molar-refractivity contribution in [3.8, 4) is 5.75 Å². The van der Waals surface area contributed by atoms with Gasteiger partial charge in [0.1, 0.15) is 17.6 Å². The Morgan fingerprint density at radius 3 is 2.87 bits per heavy atom. The molecule has 1 saturated carbocycles. The molecule has 0 radical (unpaired) electrons. The van der Waals surface area contributed by atoms with E-state index in [1.807, 2.05) is 19.2 Å². The molecular weight excluding hydrogens is 398 g/mol. The second-order valence-corrected chi connectivity index (χ2v) is 11.2. The molecular formula is C24H31NO4S. The standard InChI is InChI=1S/C24H31NO4S/c1-24-11-9-20-18-5-4-16(28-23(27)29-17-10-12-25(2)14-17)13-15(18)3-7-21(30-20)19(24)6-8-22(24)26/h4-5,13,17,19-21H,3,6-12,14H2,1-2H3. The Kier molecular flexibility index (Phi) is 5.34. The third kappa shape index (κ3) is 3.66. The number of rotatable bonds is 2. The van der Waals surface area contributed by atoms with E-state index < -0.39 is 6.16 Å². The van der Waals surface area contributed by atoms with Gasteiger partial charge in [-0.3, -0.25) is 4.79 Å². The first-order valence-corrected chi connectivity index (χ1v) is 12.3. The average molecular weight is 430 g/mol. The predicted octanol–water partition coefficient (Wildman–Crippen LogP) is 4.77. The van der Waals surface area contributed by atoms with Gasteiger partial charge in [-0.1, -0.05) is 13.0 Å². The first-order chi connectivity index (χ1) is 14.4. The van der Waals surface area contributed by atoms with Gasteiger partial charge in [0.25, 0.3) is 0 Å². The fourth-order valence-electron chi connectivity index (χ4n) is 6.04. The summed E-state index contributed by atoms with van der Waals surface area (Å²) in [4.78, 5) is 27.0. The number of aryl methyl sites for hydroxylation is 1. The minimum absolute atomic E-state index is 0.0776. The minimum atomic E-state index is -0.603. The van der Waals surface area contributed by atoms with Crippen molar-refractivity contribution >= 4 is 23.7 Å². The van der Waals surface area contributed by atoms with E-state index in [9.17, 15) is 9.59 Å². The molecule has 1 aliphatic carbocycles. The van der Waals surface area contributed by atoms with E-state index in [4.69, 9.17) is 9.47 Å². The molecule has 1 aromatic carbocycles. The summed E-state index contributed by atoms with van der Waals surface area (Å²) in [6.45, 7) is 3.93. The van der Waals surface area contributed by atoms with Crippen molar-refractivity contribution in [3.63, 3.8) is 0 Å². The quantitative estimate of drug-likeness (QED) is 0.498. The SMILES string of the molecule is CN1CCC(OC(=O)Oc2ccc3c(c2)CCC2SC3CCC3(C)C(=O)CCC23)C1. The molecule has 5 unspecified atom stereocenters. The number of benzene rings is 1. The van der Waals surface area contributed by atoms with Gasteiger partial charge in [-0.2, -0.15) is 11.8 Å². The van der Waals surface area contributed by atoms with Crippen LogP contribution in [0.4, 0.5) is 4.79 Å². The Morgan fingerprint density at radius 2 is 2.07 bits per heavy atom. The number of thioether (sulfide) groups is 1. The molecule has 0 amide bonds. The van der Waals surface area contributed by atoms with Gasteiger partial charge in [0.05, 0.1) is 0 Å². The molecule has 0 aromatic heterocycles. The van der Waals surface area contributed by atoms with E-state index in [1.165, 1.54) is 11.1 Å². The third-order valence-electron chi connectivity index (χ3n) is 7.82. The van der Waals surface area contributed by atoms with E-state index in [0.717, 1.165) is 58.0 Å². The minimum Gasteiger partial charge on any atom is -0.429 e. The Bertz CT molecular complexity index is 858. The zero-order valence-electron chi connectivity index (χ0n) is 17.9. The highest BCUT2D eigenvalue weighted by molar-refractivity contribution is 8.00. The second-order valence-electron chi connectivity index (χ2n) is 9.73. The molecule has 6 heteroatoms. The number of nitrogens with zero attached hydrogens (tertiary/aromatic N) is 1. The van der Waals surface area contributed by atoms with Crippen LogP contribution in [-0.2, 0) is 16.0 Å². The van der Waals surface area contributed by atoms with Gasteiger partial charge in [0.15, 0.2) is 0 Å². The van der Waals surface area contributed by atoms with Crippen molar-refractivity contribution in [1.29, 1.82) is 0 Å². The highest BCUT2D eigenvalue weighted by Gasteiger charge is 2.51. The van der Waals surface area contributed by atoms with E-state index in [-0.39, 0.29) is 11.5 Å². The summed E-state index contributed by atoms with van der Waals surface area (Å²) >= 11 is 2.09. The molecule has 5 rings (SSSR count). The van der Waals surface area contributed by atoms with E-state index >= 15 is 0 Å². The zero-order chi connectivity index (χ0) is 20.9. The number of carbonyl (C=O) groups is 2. The number of likely N-dealkylation sites (N-methyl/N-ethyl adjacent to an activating group) is 1. The summed E-state index contributed by atoms with van der Waals surface area (Å²) in [5.41, 5.74) is 2.52. The van der Waals surface area contributed by atoms with Crippen LogP contribution >= 0.6 is 11.8 Å². The van der Waals surface area contributed by atoms with Crippen molar-refractivity contribution in [3.05, 3.63) is 29.3 Å². The van der Waals surface area contributed by atoms with Crippen LogP contribution in [0.15, 0.2) is 18.2 Å². The highest BCUT2D eigenvalue weighted by Crippen LogP contribution is 2.58. The second kappa shape index (κ2) is 7.86. The predicted molar refractivity (Wildman–Crippen MR) is 117 cm³/mol. The van der Waals surface area contributed by atoms with Gasteiger partial charge in [0, 0.05) is 35.4 Å². The lowest BCUT2D eigenvalue weighted by Crippen LogP contribution is -2.33. The van der Waals surface area contributed by atoms with E-state index in [1.54, 1.807) is 0 Å². The normalized spacial score (nSPS) is 35.9. The Labute approximate surface area is 182 Å². The van der Waals surface area contributed by atoms with Gasteiger partial charge in [-0.15, -0.1) is 0 Å². The fourth-order valence-corrected chi connectivity index (χ4v) is 7.97. The molecule has 3 heterocycles. The third-order valence-corrected chi connectivity index (χ3v) is 9.56. The molecule has 4 aliphatic rings. The van der Waals surface area contributed by atoms with Crippen molar-refractivity contribution in [2.45, 2.75) is 68.5 Å². The lowest BCUT2D eigenvalue weighted by Gasteiger charge is -2.32. The maximum Gasteiger partial charge on any atom is 0.514 e. The van der Waals surface area contributed by atoms with Crippen LogP contribution in [0.2, 0.25) is 0 Å². The number of hydrogen-bond acceptors (Lipinski definition) is 6. The number of Topliss-reactive ketones (excluding diaryl/α,β-unsaturated/α-hetero) is 1. The Hall–Kier alpha value is -1.53. The summed E-state index contributed by atoms with van der Waals surface area (Å²) in [6.07, 6.45) is 6.08. The molecule has 5 atom stereocenters. The van der Waals surface area contributed by atoms with E-state index in [0.29, 0.717) is 28.0 Å². The summed E-state index contributed by atoms with van der Waals surface area (Å²) in [5, 5.41) is 0.966. The molecule has 0 spiro atoms. The van der Waals surface area contributed by atoms with Crippen molar-refractivity contribution in [2.24, 2.45) is 11.3 Å². The van der Waals surface area contributed by atoms with Crippen LogP contribution < -0.4 is 4.74 Å². The molecule has 30 heavy (non-hydrogen) atoms. The molecule has 3 fully saturated rings. The summed E-state index contributed by atoms with van der Waals surface area (Å²) in [5.74, 6) is 1.56. The molecule has 0 N–H and O–H groups in total. The number of hydrogen-bond donors (Lipinski definition) is 0. The summed E-state index contributed by atoms with van der Waals surface area (Å²) in [6, 6.07) is 6.07. The van der Waals surface area contributed by atoms with Gasteiger partial charge in [-0.25, -0.2) is 4.79 Å². The number of ether oxygens (including phenoxy) is 2. The molecule has 3 aliphatic heterocycles. The largest absolute Gasteiger partial charge is 0.514 e. The van der Waals surface area contributed by atoms with Crippen LogP contribution in [0.5, 0.6) is 5.75 Å². The first kappa shape index (κ1) is 20.4. The lowest BCUT2D eigenvalue weighted by molar-refractivity contribution is -0.126. The maximum absolute atomic E-state index is 12.6. The fraction of sp³-hybridized carbons (Fsp3) is 0.667. The maximum atomic E-state index is 12.6. The van der Waals surface area contributed by atoms with Crippen molar-refractivity contribution < 1.29 is 19.1 Å². The van der Waals surface area contributed by atoms with E-state index in [2.05, 4.69) is 29.7 Å². The first-order valence-electron chi connectivity index (χ1n) is 11.3. The molecule has 1 aromatic rings. The molecule has 2 saturated heterocycles. The van der Waals surface area contributed by atoms with Crippen LogP contribution in [-0.4, -0.2) is 48.3 Å². The van der Waals surface area contributed by atoms with Crippen LogP contribution in [0.1, 0.15) is 61.8 Å². The van der Waals surface area contributed by atoms with Gasteiger partial charge < -0.3 is 14.4 Å². The Balaban J connectivity index is 1.30. The zero-order valence-corrected chi connectivity index (χ0v) is 18.7. The summed E-state index contributed by atoms with van der Waals surface area (Å²) in [7, 11) is 2.03. The lowest BCUT2D eigenvalue weighted by atomic mass is 9.72. The number of likely N-dealkylation sites (tertiary alicyclic amines) is 1. The highest BCUT2D eigenvalue weighted by atomic mass is 32.2. The average Bonchev–Trinajstić information content (AvgIpc) is 3.13. The molecule has 5 nitrogen and oxygen atoms in total. The number of ketones is 1. The van der Waals surface area contributed by atoms with Crippen LogP contribution in [0.3, 0.4) is 0 Å². The van der Waals surface area contributed by atoms with Gasteiger partial charge >= 0.3 is 6.16 Å². The monoisotopic (exact) mass is 429 g/mol. The smallest absolute Gasteiger partial charge is 0.429 e. The topological polar surface area (TPSA) is 55.8 Å². The van der Waals surface area contributed by atoms with Crippen molar-refractivity contribution in [2.75, 3.05) is 20.1 Å².